The maximum atomic E-state index is 6.32. The minimum Gasteiger partial charge on any atom is -0.154 e. The van der Waals surface area contributed by atoms with Gasteiger partial charge in [0.05, 0.1) is 10.0 Å². The second-order valence-electron chi connectivity index (χ2n) is 4.41. The average molecular weight is 356 g/mol. The van der Waals surface area contributed by atoms with E-state index < -0.39 is 0 Å². The first-order chi connectivity index (χ1) is 10.1. The van der Waals surface area contributed by atoms with Crippen LogP contribution < -0.4 is 0 Å². The van der Waals surface area contributed by atoms with Gasteiger partial charge in [-0.3, -0.25) is 0 Å². The van der Waals surface area contributed by atoms with E-state index in [9.17, 15) is 0 Å². The lowest BCUT2D eigenvalue weighted by atomic mass is 9.99. The Balaban J connectivity index is 2.35. The smallest absolute Gasteiger partial charge is 0.154 e. The van der Waals surface area contributed by atoms with Gasteiger partial charge in [0, 0.05) is 26.6 Å². The fourth-order valence-corrected chi connectivity index (χ4v) is 3.77. The maximum absolute atomic E-state index is 6.32. The van der Waals surface area contributed by atoms with Gasteiger partial charge in [-0.25, -0.2) is 0 Å². The van der Waals surface area contributed by atoms with Crippen molar-refractivity contribution in [3.8, 4) is 21.6 Å². The van der Waals surface area contributed by atoms with Crippen LogP contribution in [0.2, 0.25) is 14.5 Å². The van der Waals surface area contributed by atoms with Crippen molar-refractivity contribution in [2.75, 3.05) is 0 Å². The summed E-state index contributed by atoms with van der Waals surface area (Å²) in [6, 6.07) is 11.3. The summed E-state index contributed by atoms with van der Waals surface area (Å²) in [6.07, 6.45) is 0. The summed E-state index contributed by atoms with van der Waals surface area (Å²) >= 11 is 20.2. The fourth-order valence-electron chi connectivity index (χ4n) is 2.16. The molecule has 0 spiro atoms. The van der Waals surface area contributed by atoms with Crippen LogP contribution >= 0.6 is 46.1 Å². The summed E-state index contributed by atoms with van der Waals surface area (Å²) < 4.78 is 0.711. The Labute approximate surface area is 141 Å². The molecule has 0 aliphatic rings. The maximum Gasteiger partial charge on any atom is 0.160 e. The number of aromatic nitrogens is 2. The van der Waals surface area contributed by atoms with Crippen molar-refractivity contribution in [1.82, 2.24) is 10.2 Å². The number of thiophene rings is 1. The third-order valence-electron chi connectivity index (χ3n) is 3.07. The largest absolute Gasteiger partial charge is 0.160 e. The highest BCUT2D eigenvalue weighted by Gasteiger charge is 2.19. The summed E-state index contributed by atoms with van der Waals surface area (Å²) in [7, 11) is 0. The van der Waals surface area contributed by atoms with Gasteiger partial charge in [0.15, 0.2) is 5.15 Å². The second-order valence-corrected chi connectivity index (χ2v) is 6.89. The molecule has 0 unspecified atom stereocenters. The number of benzene rings is 1. The number of hydrogen-bond donors (Lipinski definition) is 0. The van der Waals surface area contributed by atoms with E-state index in [2.05, 4.69) is 10.2 Å². The van der Waals surface area contributed by atoms with E-state index in [-0.39, 0.29) is 0 Å². The molecular weight excluding hydrogens is 347 g/mol. The minimum absolute atomic E-state index is 0.327. The lowest BCUT2D eigenvalue weighted by Crippen LogP contribution is -1.96. The first-order valence-corrected chi connectivity index (χ1v) is 8.06. The van der Waals surface area contributed by atoms with Crippen molar-refractivity contribution in [2.24, 2.45) is 0 Å². The van der Waals surface area contributed by atoms with Gasteiger partial charge in [-0.15, -0.1) is 16.4 Å². The zero-order chi connectivity index (χ0) is 15.0. The van der Waals surface area contributed by atoms with Crippen LogP contribution in [0.4, 0.5) is 0 Å². The molecule has 0 atom stereocenters. The quantitative estimate of drug-likeness (QED) is 0.551. The van der Waals surface area contributed by atoms with Crippen LogP contribution in [-0.4, -0.2) is 10.2 Å². The van der Waals surface area contributed by atoms with E-state index in [0.717, 1.165) is 27.3 Å². The van der Waals surface area contributed by atoms with Crippen LogP contribution in [0.15, 0.2) is 36.4 Å². The predicted molar refractivity (Wildman–Crippen MR) is 90.5 cm³/mol. The normalized spacial score (nSPS) is 10.9. The predicted octanol–water partition coefficient (Wildman–Crippen LogP) is 6.14. The molecule has 0 fully saturated rings. The lowest BCUT2D eigenvalue weighted by Gasteiger charge is -2.13. The molecule has 2 heterocycles. The molecule has 21 heavy (non-hydrogen) atoms. The van der Waals surface area contributed by atoms with Gasteiger partial charge in [-0.1, -0.05) is 53.0 Å². The fraction of sp³-hybridized carbons (Fsp3) is 0.0667. The molecule has 3 aromatic rings. The zero-order valence-electron chi connectivity index (χ0n) is 10.9. The van der Waals surface area contributed by atoms with Crippen molar-refractivity contribution in [3.05, 3.63) is 56.6 Å². The lowest BCUT2D eigenvalue weighted by molar-refractivity contribution is 0.987. The Kier molecular flexibility index (Phi) is 4.18. The molecule has 1 aromatic carbocycles. The van der Waals surface area contributed by atoms with E-state index in [0.29, 0.717) is 14.5 Å². The molecule has 2 aromatic heterocycles. The molecule has 3 rings (SSSR count). The van der Waals surface area contributed by atoms with Crippen molar-refractivity contribution in [1.29, 1.82) is 0 Å². The summed E-state index contributed by atoms with van der Waals surface area (Å²) in [5, 5.41) is 9.08. The second kappa shape index (κ2) is 5.93. The number of nitrogens with zero attached hydrogens (tertiary/aromatic N) is 2. The van der Waals surface area contributed by atoms with Gasteiger partial charge >= 0.3 is 0 Å². The van der Waals surface area contributed by atoms with Crippen LogP contribution in [0.5, 0.6) is 0 Å². The molecule has 0 N–H and O–H groups in total. The molecule has 0 saturated carbocycles. The van der Waals surface area contributed by atoms with Gasteiger partial charge in [0.2, 0.25) is 0 Å². The van der Waals surface area contributed by atoms with E-state index >= 15 is 0 Å². The summed E-state index contributed by atoms with van der Waals surface area (Å²) in [5.41, 5.74) is 3.32. The Morgan fingerprint density at radius 3 is 2.33 bits per heavy atom. The molecule has 0 aliphatic carbocycles. The van der Waals surface area contributed by atoms with Gasteiger partial charge in [-0.05, 0) is 25.1 Å². The first-order valence-electron chi connectivity index (χ1n) is 6.11. The third kappa shape index (κ3) is 2.79. The van der Waals surface area contributed by atoms with Gasteiger partial charge in [0.1, 0.15) is 0 Å². The van der Waals surface area contributed by atoms with Crippen LogP contribution in [0.25, 0.3) is 21.6 Å². The summed E-state index contributed by atoms with van der Waals surface area (Å²) in [6.45, 7) is 1.90. The molecule has 0 bridgehead atoms. The number of hydrogen-bond acceptors (Lipinski definition) is 3. The SMILES string of the molecule is Cc1nnc(Cl)c(-c2ccccc2Cl)c1-c1ccc(Cl)s1. The molecule has 6 heteroatoms. The van der Waals surface area contributed by atoms with E-state index in [1.165, 1.54) is 11.3 Å². The highest BCUT2D eigenvalue weighted by molar-refractivity contribution is 7.19. The molecular formula is C15H9Cl3N2S. The van der Waals surface area contributed by atoms with E-state index in [1.54, 1.807) is 0 Å². The van der Waals surface area contributed by atoms with Crippen LogP contribution in [-0.2, 0) is 0 Å². The standard InChI is InChI=1S/C15H9Cl3N2S/c1-8-13(11-6-7-12(17)21-11)14(15(18)20-19-8)9-4-2-3-5-10(9)16/h2-7H,1H3. The average Bonchev–Trinajstić information content (AvgIpc) is 2.88. The highest BCUT2D eigenvalue weighted by Crippen LogP contribution is 2.43. The van der Waals surface area contributed by atoms with Crippen LogP contribution in [0, 0.1) is 6.92 Å². The van der Waals surface area contributed by atoms with E-state index in [4.69, 9.17) is 34.8 Å². The number of rotatable bonds is 2. The molecule has 0 radical (unpaired) electrons. The third-order valence-corrected chi connectivity index (χ3v) is 4.91. The molecule has 2 nitrogen and oxygen atoms in total. The Bertz CT molecular complexity index is 814. The van der Waals surface area contributed by atoms with E-state index in [1.807, 2.05) is 43.3 Å². The van der Waals surface area contributed by atoms with Crippen molar-refractivity contribution in [3.63, 3.8) is 0 Å². The van der Waals surface area contributed by atoms with Crippen molar-refractivity contribution in [2.45, 2.75) is 6.92 Å². The molecule has 0 amide bonds. The zero-order valence-corrected chi connectivity index (χ0v) is 14.0. The van der Waals surface area contributed by atoms with Gasteiger partial charge < -0.3 is 0 Å². The van der Waals surface area contributed by atoms with Crippen LogP contribution in [0.1, 0.15) is 5.69 Å². The number of halogens is 3. The van der Waals surface area contributed by atoms with Gasteiger partial charge in [0.25, 0.3) is 0 Å². The molecule has 0 aliphatic heterocycles. The topological polar surface area (TPSA) is 25.8 Å². The monoisotopic (exact) mass is 354 g/mol. The van der Waals surface area contributed by atoms with Crippen molar-refractivity contribution < 1.29 is 0 Å². The van der Waals surface area contributed by atoms with Gasteiger partial charge in [-0.2, -0.15) is 5.10 Å². The Morgan fingerprint density at radius 1 is 0.905 bits per heavy atom. The van der Waals surface area contributed by atoms with Crippen LogP contribution in [0.3, 0.4) is 0 Å². The number of aryl methyl sites for hydroxylation is 1. The highest BCUT2D eigenvalue weighted by atomic mass is 35.5. The Morgan fingerprint density at radius 2 is 1.67 bits per heavy atom. The minimum atomic E-state index is 0.327. The molecule has 106 valence electrons. The summed E-state index contributed by atoms with van der Waals surface area (Å²) in [5.74, 6) is 0. The summed E-state index contributed by atoms with van der Waals surface area (Å²) in [4.78, 5) is 0.990. The molecule has 0 saturated heterocycles. The van der Waals surface area contributed by atoms with Crippen molar-refractivity contribution >= 4 is 46.1 Å². The first kappa shape index (κ1) is 14.8. The Hall–Kier alpha value is -1.13.